The molecule has 2 heterocycles. The summed E-state index contributed by atoms with van der Waals surface area (Å²) in [7, 11) is 0. The van der Waals surface area contributed by atoms with E-state index in [1.54, 1.807) is 6.20 Å². The third-order valence-electron chi connectivity index (χ3n) is 3.59. The molecule has 7 nitrogen and oxygen atoms in total. The highest BCUT2D eigenvalue weighted by molar-refractivity contribution is 5.73. The molecular weight excluding hydrogens is 294 g/mol. The topological polar surface area (TPSA) is 78.5 Å². The van der Waals surface area contributed by atoms with E-state index in [0.29, 0.717) is 19.6 Å². The van der Waals surface area contributed by atoms with Crippen LogP contribution in [0.15, 0.2) is 24.4 Å². The molecule has 1 aliphatic heterocycles. The van der Waals surface area contributed by atoms with Crippen LogP contribution in [0.4, 0.5) is 10.6 Å². The largest absolute Gasteiger partial charge is 0.373 e. The van der Waals surface area contributed by atoms with Crippen molar-refractivity contribution in [1.82, 2.24) is 20.5 Å². The number of anilines is 1. The van der Waals surface area contributed by atoms with Crippen LogP contribution in [-0.4, -0.2) is 67.4 Å². The molecule has 1 saturated heterocycles. The van der Waals surface area contributed by atoms with Crippen LogP contribution in [0.25, 0.3) is 0 Å². The fraction of sp³-hybridized carbons (Fsp3) is 0.625. The van der Waals surface area contributed by atoms with Crippen molar-refractivity contribution in [2.45, 2.75) is 26.1 Å². The highest BCUT2D eigenvalue weighted by Crippen LogP contribution is 2.09. The van der Waals surface area contributed by atoms with Crippen molar-refractivity contribution in [1.29, 1.82) is 0 Å². The monoisotopic (exact) mass is 321 g/mol. The number of ether oxygens (including phenoxy) is 1. The van der Waals surface area contributed by atoms with Crippen molar-refractivity contribution < 1.29 is 9.53 Å². The Morgan fingerprint density at radius 2 is 1.96 bits per heavy atom. The number of aromatic nitrogens is 1. The van der Waals surface area contributed by atoms with Crippen LogP contribution in [0, 0.1) is 0 Å². The van der Waals surface area contributed by atoms with Gasteiger partial charge in [0, 0.05) is 45.5 Å². The predicted molar refractivity (Wildman–Crippen MR) is 90.6 cm³/mol. The van der Waals surface area contributed by atoms with Crippen LogP contribution in [0.1, 0.15) is 13.8 Å². The van der Waals surface area contributed by atoms with Gasteiger partial charge in [-0.2, -0.15) is 0 Å². The summed E-state index contributed by atoms with van der Waals surface area (Å²) >= 11 is 0. The van der Waals surface area contributed by atoms with E-state index in [0.717, 1.165) is 25.5 Å². The fourth-order valence-electron chi connectivity index (χ4n) is 2.69. The number of morpholine rings is 1. The number of urea groups is 1. The fourth-order valence-corrected chi connectivity index (χ4v) is 2.69. The Balaban J connectivity index is 1.51. The molecule has 2 rings (SSSR count). The van der Waals surface area contributed by atoms with Crippen LogP contribution in [0.5, 0.6) is 0 Å². The van der Waals surface area contributed by atoms with Crippen molar-refractivity contribution in [2.75, 3.05) is 44.6 Å². The molecule has 1 fully saturated rings. The first kappa shape index (κ1) is 17.5. The zero-order valence-corrected chi connectivity index (χ0v) is 13.9. The van der Waals surface area contributed by atoms with Gasteiger partial charge in [-0.3, -0.25) is 4.90 Å². The van der Waals surface area contributed by atoms with Crippen molar-refractivity contribution in [3.05, 3.63) is 24.4 Å². The standard InChI is InChI=1S/C16H27N5O2/c1-13-11-21(12-14(2)23-13)10-9-20-16(22)19-8-7-18-15-5-3-4-6-17-15/h3-6,13-14H,7-12H2,1-2H3,(H,17,18)(H2,19,20,22)/t13-,14-/m0/s1. The summed E-state index contributed by atoms with van der Waals surface area (Å²) in [6.07, 6.45) is 2.24. The number of hydrogen-bond donors (Lipinski definition) is 3. The second-order valence-electron chi connectivity index (χ2n) is 5.84. The third kappa shape index (κ3) is 6.83. The van der Waals surface area contributed by atoms with Crippen LogP contribution in [0.2, 0.25) is 0 Å². The first-order chi connectivity index (χ1) is 11.1. The maximum Gasteiger partial charge on any atom is 0.314 e. The molecule has 2 atom stereocenters. The minimum Gasteiger partial charge on any atom is -0.373 e. The van der Waals surface area contributed by atoms with E-state index in [1.807, 2.05) is 18.2 Å². The average molecular weight is 321 g/mol. The lowest BCUT2D eigenvalue weighted by atomic mass is 10.2. The Labute approximate surface area is 137 Å². The van der Waals surface area contributed by atoms with E-state index >= 15 is 0 Å². The molecule has 0 saturated carbocycles. The van der Waals surface area contributed by atoms with Gasteiger partial charge in [-0.25, -0.2) is 9.78 Å². The van der Waals surface area contributed by atoms with Crippen LogP contribution >= 0.6 is 0 Å². The van der Waals surface area contributed by atoms with Crippen molar-refractivity contribution in [2.24, 2.45) is 0 Å². The second kappa shape index (κ2) is 9.32. The summed E-state index contributed by atoms with van der Waals surface area (Å²) in [5.41, 5.74) is 0. The highest BCUT2D eigenvalue weighted by Gasteiger charge is 2.21. The first-order valence-electron chi connectivity index (χ1n) is 8.18. The van der Waals surface area contributed by atoms with Gasteiger partial charge in [0.25, 0.3) is 0 Å². The highest BCUT2D eigenvalue weighted by atomic mass is 16.5. The number of rotatable bonds is 7. The Kier molecular flexibility index (Phi) is 7.09. The Morgan fingerprint density at radius 1 is 1.22 bits per heavy atom. The summed E-state index contributed by atoms with van der Waals surface area (Å²) < 4.78 is 5.69. The minimum absolute atomic E-state index is 0.137. The number of nitrogens with zero attached hydrogens (tertiary/aromatic N) is 2. The zero-order chi connectivity index (χ0) is 16.5. The van der Waals surface area contributed by atoms with Gasteiger partial charge in [-0.05, 0) is 26.0 Å². The molecule has 0 aliphatic carbocycles. The van der Waals surface area contributed by atoms with Crippen LogP contribution in [-0.2, 0) is 4.74 Å². The number of hydrogen-bond acceptors (Lipinski definition) is 5. The Hall–Kier alpha value is -1.86. The molecule has 1 aromatic heterocycles. The quantitative estimate of drug-likeness (QED) is 0.651. The van der Waals surface area contributed by atoms with Gasteiger partial charge in [-0.15, -0.1) is 0 Å². The van der Waals surface area contributed by atoms with Gasteiger partial charge in [0.2, 0.25) is 0 Å². The molecule has 3 N–H and O–H groups in total. The van der Waals surface area contributed by atoms with E-state index in [-0.39, 0.29) is 18.2 Å². The number of carbonyl (C=O) groups excluding carboxylic acids is 1. The van der Waals surface area contributed by atoms with Crippen LogP contribution in [0.3, 0.4) is 0 Å². The van der Waals surface area contributed by atoms with Gasteiger partial charge >= 0.3 is 6.03 Å². The van der Waals surface area contributed by atoms with Gasteiger partial charge in [0.05, 0.1) is 12.2 Å². The lowest BCUT2D eigenvalue weighted by Crippen LogP contribution is -2.48. The van der Waals surface area contributed by atoms with Crippen LogP contribution < -0.4 is 16.0 Å². The van der Waals surface area contributed by atoms with E-state index in [9.17, 15) is 4.79 Å². The lowest BCUT2D eigenvalue weighted by Gasteiger charge is -2.35. The number of carbonyl (C=O) groups is 1. The smallest absolute Gasteiger partial charge is 0.314 e. The maximum absolute atomic E-state index is 11.7. The van der Waals surface area contributed by atoms with E-state index in [1.165, 1.54) is 0 Å². The molecule has 23 heavy (non-hydrogen) atoms. The molecule has 1 aromatic rings. The zero-order valence-electron chi connectivity index (χ0n) is 13.9. The van der Waals surface area contributed by atoms with Gasteiger partial charge in [0.1, 0.15) is 5.82 Å². The molecule has 0 unspecified atom stereocenters. The van der Waals surface area contributed by atoms with Crippen molar-refractivity contribution in [3.8, 4) is 0 Å². The number of amides is 2. The van der Waals surface area contributed by atoms with E-state index < -0.39 is 0 Å². The summed E-state index contributed by atoms with van der Waals surface area (Å²) in [6.45, 7) is 8.67. The summed E-state index contributed by atoms with van der Waals surface area (Å²) in [5.74, 6) is 0.810. The second-order valence-corrected chi connectivity index (χ2v) is 5.84. The Morgan fingerprint density at radius 3 is 2.65 bits per heavy atom. The van der Waals surface area contributed by atoms with Crippen molar-refractivity contribution >= 4 is 11.8 Å². The molecule has 0 spiro atoms. The summed E-state index contributed by atoms with van der Waals surface area (Å²) in [6, 6.07) is 5.54. The number of nitrogens with one attached hydrogen (secondary N) is 3. The SMILES string of the molecule is C[C@H]1CN(CCNC(=O)NCCNc2ccccn2)C[C@H](C)O1. The number of pyridine rings is 1. The molecule has 128 valence electrons. The summed E-state index contributed by atoms with van der Waals surface area (Å²) in [5, 5.41) is 8.85. The molecular formula is C16H27N5O2. The minimum atomic E-state index is -0.137. The maximum atomic E-state index is 11.7. The van der Waals surface area contributed by atoms with Gasteiger partial charge in [-0.1, -0.05) is 6.07 Å². The molecule has 0 bridgehead atoms. The van der Waals surface area contributed by atoms with E-state index in [2.05, 4.69) is 39.7 Å². The molecule has 0 radical (unpaired) electrons. The van der Waals surface area contributed by atoms with Gasteiger partial charge < -0.3 is 20.7 Å². The molecule has 1 aliphatic rings. The lowest BCUT2D eigenvalue weighted by molar-refractivity contribution is -0.0672. The predicted octanol–water partition coefficient (Wildman–Crippen LogP) is 0.902. The molecule has 0 aromatic carbocycles. The molecule has 7 heteroatoms. The van der Waals surface area contributed by atoms with Gasteiger partial charge in [0.15, 0.2) is 0 Å². The third-order valence-corrected chi connectivity index (χ3v) is 3.59. The van der Waals surface area contributed by atoms with Crippen molar-refractivity contribution in [3.63, 3.8) is 0 Å². The average Bonchev–Trinajstić information content (AvgIpc) is 2.52. The van der Waals surface area contributed by atoms with E-state index in [4.69, 9.17) is 4.74 Å². The first-order valence-corrected chi connectivity index (χ1v) is 8.18. The summed E-state index contributed by atoms with van der Waals surface area (Å²) in [4.78, 5) is 18.2. The molecule has 2 amide bonds. The normalized spacial score (nSPS) is 21.7. The Bertz CT molecular complexity index is 461.